The number of nitrogens with one attached hydrogen (secondary N) is 3. The number of nitrogens with zero attached hydrogens (tertiary/aromatic N) is 1. The number of anilines is 2. The van der Waals surface area contributed by atoms with Gasteiger partial charge in [0.25, 0.3) is 0 Å². The van der Waals surface area contributed by atoms with Gasteiger partial charge in [0.15, 0.2) is 5.82 Å². The second-order valence-corrected chi connectivity index (χ2v) is 7.85. The van der Waals surface area contributed by atoms with Crippen LogP contribution in [0.2, 0.25) is 0 Å². The van der Waals surface area contributed by atoms with Gasteiger partial charge in [0.05, 0.1) is 12.7 Å². The van der Waals surface area contributed by atoms with Crippen LogP contribution in [0.4, 0.5) is 24.7 Å². The number of ether oxygens (including phenoxy) is 1. The van der Waals surface area contributed by atoms with E-state index < -0.39 is 11.7 Å². The lowest BCUT2D eigenvalue weighted by atomic mass is 10.0. The van der Waals surface area contributed by atoms with Crippen molar-refractivity contribution in [2.24, 2.45) is 0 Å². The largest absolute Gasteiger partial charge is 0.497 e. The highest BCUT2D eigenvalue weighted by Gasteiger charge is 2.30. The predicted octanol–water partition coefficient (Wildman–Crippen LogP) is 5.61. The Kier molecular flexibility index (Phi) is 6.18. The van der Waals surface area contributed by atoms with Crippen LogP contribution in [0.5, 0.6) is 5.75 Å². The minimum absolute atomic E-state index is 0.345. The third-order valence-corrected chi connectivity index (χ3v) is 5.69. The molecule has 2 aromatic carbocycles. The van der Waals surface area contributed by atoms with Gasteiger partial charge in [0.1, 0.15) is 5.75 Å². The van der Waals surface area contributed by atoms with Gasteiger partial charge in [-0.2, -0.15) is 18.3 Å². The Balaban J connectivity index is 1.31. The average molecular weight is 430 g/mol. The zero-order chi connectivity index (χ0) is 21.8. The summed E-state index contributed by atoms with van der Waals surface area (Å²) in [7, 11) is 1.65. The van der Waals surface area contributed by atoms with Gasteiger partial charge in [-0.05, 0) is 55.2 Å². The normalized spacial score (nSPS) is 18.8. The van der Waals surface area contributed by atoms with Gasteiger partial charge in [0.2, 0.25) is 0 Å². The summed E-state index contributed by atoms with van der Waals surface area (Å²) in [4.78, 5) is 0. The highest BCUT2D eigenvalue weighted by molar-refractivity contribution is 5.57. The Labute approximate surface area is 179 Å². The van der Waals surface area contributed by atoms with Gasteiger partial charge in [-0.15, -0.1) is 0 Å². The molecule has 0 bridgehead atoms. The summed E-state index contributed by atoms with van der Waals surface area (Å²) in [5, 5.41) is 13.8. The minimum Gasteiger partial charge on any atom is -0.497 e. The molecule has 3 N–H and O–H groups in total. The van der Waals surface area contributed by atoms with Gasteiger partial charge in [0, 0.05) is 36.0 Å². The lowest BCUT2D eigenvalue weighted by molar-refractivity contribution is -0.137. The van der Waals surface area contributed by atoms with Gasteiger partial charge in [-0.3, -0.25) is 5.10 Å². The van der Waals surface area contributed by atoms with E-state index >= 15 is 0 Å². The molecule has 0 amide bonds. The molecule has 1 saturated carbocycles. The zero-order valence-electron chi connectivity index (χ0n) is 17.2. The van der Waals surface area contributed by atoms with Crippen LogP contribution in [0.1, 0.15) is 42.0 Å². The van der Waals surface area contributed by atoms with E-state index in [9.17, 15) is 13.2 Å². The summed E-state index contributed by atoms with van der Waals surface area (Å²) >= 11 is 0. The predicted molar refractivity (Wildman–Crippen MR) is 114 cm³/mol. The van der Waals surface area contributed by atoms with Crippen molar-refractivity contribution in [3.8, 4) is 5.75 Å². The van der Waals surface area contributed by atoms with E-state index in [0.29, 0.717) is 23.5 Å². The van der Waals surface area contributed by atoms with E-state index in [4.69, 9.17) is 4.74 Å². The van der Waals surface area contributed by atoms with Gasteiger partial charge < -0.3 is 15.4 Å². The van der Waals surface area contributed by atoms with E-state index in [1.165, 1.54) is 11.6 Å². The van der Waals surface area contributed by atoms with Crippen molar-refractivity contribution in [2.75, 3.05) is 12.4 Å². The molecule has 164 valence electrons. The summed E-state index contributed by atoms with van der Waals surface area (Å²) < 4.78 is 43.9. The number of alkyl halides is 3. The summed E-state index contributed by atoms with van der Waals surface area (Å²) in [6.07, 6.45) is -1.28. The Morgan fingerprint density at radius 1 is 1.10 bits per heavy atom. The first-order valence-electron chi connectivity index (χ1n) is 10.3. The average Bonchev–Trinajstić information content (AvgIpc) is 3.42. The summed E-state index contributed by atoms with van der Waals surface area (Å²) in [5.41, 5.74) is 1.88. The second-order valence-electron chi connectivity index (χ2n) is 7.85. The third-order valence-electron chi connectivity index (χ3n) is 5.69. The number of methoxy groups -OCH3 is 1. The number of benzene rings is 2. The first-order valence-corrected chi connectivity index (χ1v) is 10.3. The van der Waals surface area contributed by atoms with Crippen LogP contribution in [0.25, 0.3) is 0 Å². The molecule has 3 aromatic rings. The molecule has 31 heavy (non-hydrogen) atoms. The molecule has 1 aromatic heterocycles. The maximum absolute atomic E-state index is 12.9. The summed E-state index contributed by atoms with van der Waals surface area (Å²) in [6.45, 7) is 0.798. The molecule has 0 saturated heterocycles. The molecule has 1 aliphatic rings. The van der Waals surface area contributed by atoms with Crippen molar-refractivity contribution in [3.63, 3.8) is 0 Å². The van der Waals surface area contributed by atoms with E-state index in [0.717, 1.165) is 49.4 Å². The van der Waals surface area contributed by atoms with Crippen LogP contribution in [-0.2, 0) is 12.7 Å². The molecule has 1 fully saturated rings. The highest BCUT2D eigenvalue weighted by atomic mass is 19.4. The maximum Gasteiger partial charge on any atom is 0.416 e. The number of H-pyrrole nitrogens is 1. The van der Waals surface area contributed by atoms with E-state index in [1.54, 1.807) is 13.2 Å². The van der Waals surface area contributed by atoms with E-state index in [2.05, 4.69) is 33.0 Å². The van der Waals surface area contributed by atoms with E-state index in [1.807, 2.05) is 18.2 Å². The van der Waals surface area contributed by atoms with Crippen LogP contribution in [0.15, 0.2) is 54.6 Å². The first-order chi connectivity index (χ1) is 14.9. The van der Waals surface area contributed by atoms with Crippen LogP contribution >= 0.6 is 0 Å². The molecule has 8 heteroatoms. The Morgan fingerprint density at radius 3 is 2.65 bits per heavy atom. The molecule has 1 aliphatic carbocycles. The quantitative estimate of drug-likeness (QED) is 0.456. The molecule has 4 rings (SSSR count). The van der Waals surface area contributed by atoms with Gasteiger partial charge in [-0.1, -0.05) is 18.2 Å². The molecule has 0 aliphatic heterocycles. The van der Waals surface area contributed by atoms with Crippen LogP contribution in [-0.4, -0.2) is 23.3 Å². The van der Waals surface area contributed by atoms with Crippen LogP contribution in [0.3, 0.4) is 0 Å². The topological polar surface area (TPSA) is 62.0 Å². The van der Waals surface area contributed by atoms with Crippen molar-refractivity contribution in [1.82, 2.24) is 15.5 Å². The number of hydrogen-bond acceptors (Lipinski definition) is 4. The number of aromatic amines is 1. The Morgan fingerprint density at radius 2 is 1.90 bits per heavy atom. The SMILES string of the molecule is COc1ccc(CNC2CCC(c3cc(Nc4cccc(C(F)(F)F)c4)n[nH]3)C2)cc1. The van der Waals surface area contributed by atoms with Gasteiger partial charge >= 0.3 is 6.18 Å². The molecule has 0 radical (unpaired) electrons. The van der Waals surface area contributed by atoms with Crippen molar-refractivity contribution in [1.29, 1.82) is 0 Å². The lowest BCUT2D eigenvalue weighted by Crippen LogP contribution is -2.25. The molecule has 0 spiro atoms. The molecule has 2 unspecified atom stereocenters. The maximum atomic E-state index is 12.9. The van der Waals surface area contributed by atoms with Crippen molar-refractivity contribution in [2.45, 2.75) is 43.9 Å². The third kappa shape index (κ3) is 5.38. The fraction of sp³-hybridized carbons (Fsp3) is 0.348. The number of hydrogen-bond donors (Lipinski definition) is 3. The number of halogens is 3. The molecule has 2 atom stereocenters. The van der Waals surface area contributed by atoms with Crippen LogP contribution in [0, 0.1) is 0 Å². The molecular weight excluding hydrogens is 405 g/mol. The molecule has 1 heterocycles. The first kappa shape index (κ1) is 21.2. The summed E-state index contributed by atoms with van der Waals surface area (Å²) in [5.74, 6) is 1.71. The molecule has 5 nitrogen and oxygen atoms in total. The van der Waals surface area contributed by atoms with Crippen molar-refractivity contribution >= 4 is 11.5 Å². The van der Waals surface area contributed by atoms with Crippen molar-refractivity contribution < 1.29 is 17.9 Å². The number of aromatic nitrogens is 2. The number of rotatable bonds is 7. The van der Waals surface area contributed by atoms with Crippen molar-refractivity contribution in [3.05, 3.63) is 71.4 Å². The fourth-order valence-electron chi connectivity index (χ4n) is 3.99. The zero-order valence-corrected chi connectivity index (χ0v) is 17.2. The van der Waals surface area contributed by atoms with E-state index in [-0.39, 0.29) is 0 Å². The highest BCUT2D eigenvalue weighted by Crippen LogP contribution is 2.35. The van der Waals surface area contributed by atoms with Gasteiger partial charge in [-0.25, -0.2) is 0 Å². The summed E-state index contributed by atoms with van der Waals surface area (Å²) in [6, 6.07) is 15.4. The minimum atomic E-state index is -4.37. The standard InChI is InChI=1S/C23H25F3N4O/c1-31-20-9-5-15(6-10-20)14-27-18-8-7-16(11-18)21-13-22(30-29-21)28-19-4-2-3-17(12-19)23(24,25)26/h2-6,9-10,12-13,16,18,27H,7-8,11,14H2,1H3,(H2,28,29,30). The van der Waals surface area contributed by atoms with Crippen LogP contribution < -0.4 is 15.4 Å². The smallest absolute Gasteiger partial charge is 0.416 e. The lowest BCUT2D eigenvalue weighted by Gasteiger charge is -2.13. The monoisotopic (exact) mass is 430 g/mol. The Bertz CT molecular complexity index is 1000. The molecular formula is C23H25F3N4O. The Hall–Kier alpha value is -3.00. The second kappa shape index (κ2) is 9.01. The fourth-order valence-corrected chi connectivity index (χ4v) is 3.99.